The standard InChI is InChI=1S/C29H29N5O5S/c1-34-25-17-8-5-10-21(25)19-30-29(27(34)36,22-12-6-7-13-22)32-28(37)31-23-14-9-11-20(18-23)26(35)33-40(38,39)24-15-3-2-4-16-24/h2-5,8-11,14-19,22H,6-7,12-13H2,1H3,(H,33,35)(H2,31,32,37). The second-order valence-electron chi connectivity index (χ2n) is 9.84. The topological polar surface area (TPSA) is 137 Å². The molecule has 1 aliphatic heterocycles. The molecule has 206 valence electrons. The van der Waals surface area contributed by atoms with Crippen LogP contribution in [0.3, 0.4) is 0 Å². The predicted octanol–water partition coefficient (Wildman–Crippen LogP) is 3.91. The van der Waals surface area contributed by atoms with Crippen LogP contribution in [0.15, 0.2) is 88.8 Å². The third-order valence-corrected chi connectivity index (χ3v) is 8.60. The summed E-state index contributed by atoms with van der Waals surface area (Å²) in [4.78, 5) is 46.1. The number of carbonyl (C=O) groups excluding carboxylic acids is 3. The highest BCUT2D eigenvalue weighted by atomic mass is 32.2. The number of para-hydroxylation sites is 1. The fraction of sp³-hybridized carbons (Fsp3) is 0.241. The number of sulfonamides is 1. The summed E-state index contributed by atoms with van der Waals surface area (Å²) in [5.41, 5.74) is 0.229. The van der Waals surface area contributed by atoms with Gasteiger partial charge in [-0.2, -0.15) is 0 Å². The summed E-state index contributed by atoms with van der Waals surface area (Å²) in [5.74, 6) is -1.38. The van der Waals surface area contributed by atoms with Gasteiger partial charge in [0.1, 0.15) is 0 Å². The zero-order chi connectivity index (χ0) is 28.3. The van der Waals surface area contributed by atoms with Crippen LogP contribution in [0.2, 0.25) is 0 Å². The number of likely N-dealkylation sites (N-methyl/N-ethyl adjacent to an activating group) is 1. The maximum absolute atomic E-state index is 13.9. The molecule has 1 atom stereocenters. The Hall–Kier alpha value is -4.51. The summed E-state index contributed by atoms with van der Waals surface area (Å²) in [5, 5.41) is 5.53. The normalized spacial score (nSPS) is 19.0. The number of aliphatic imine (C=N–C) groups is 1. The fourth-order valence-electron chi connectivity index (χ4n) is 5.22. The molecule has 3 aromatic rings. The molecular formula is C29H29N5O5S. The molecule has 1 saturated carbocycles. The Morgan fingerprint density at radius 1 is 0.950 bits per heavy atom. The van der Waals surface area contributed by atoms with Gasteiger partial charge in [-0.15, -0.1) is 0 Å². The lowest BCUT2D eigenvalue weighted by molar-refractivity contribution is -0.126. The van der Waals surface area contributed by atoms with Crippen molar-refractivity contribution in [2.24, 2.45) is 10.9 Å². The lowest BCUT2D eigenvalue weighted by Gasteiger charge is -2.36. The Labute approximate surface area is 232 Å². The van der Waals surface area contributed by atoms with Crippen molar-refractivity contribution in [1.29, 1.82) is 0 Å². The van der Waals surface area contributed by atoms with E-state index in [0.29, 0.717) is 5.69 Å². The van der Waals surface area contributed by atoms with Crippen molar-refractivity contribution >= 4 is 45.5 Å². The first-order valence-electron chi connectivity index (χ1n) is 12.9. The van der Waals surface area contributed by atoms with E-state index in [-0.39, 0.29) is 28.0 Å². The molecule has 1 aliphatic carbocycles. The Morgan fingerprint density at radius 2 is 1.65 bits per heavy atom. The summed E-state index contributed by atoms with van der Waals surface area (Å²) >= 11 is 0. The molecule has 0 aromatic heterocycles. The number of nitrogens with zero attached hydrogens (tertiary/aromatic N) is 2. The van der Waals surface area contributed by atoms with Gasteiger partial charge < -0.3 is 15.5 Å². The summed E-state index contributed by atoms with van der Waals surface area (Å²) < 4.78 is 27.2. The number of hydrogen-bond acceptors (Lipinski definition) is 6. The minimum atomic E-state index is -4.08. The molecule has 5 rings (SSSR count). The van der Waals surface area contributed by atoms with Gasteiger partial charge in [-0.3, -0.25) is 14.6 Å². The second-order valence-corrected chi connectivity index (χ2v) is 11.5. The Morgan fingerprint density at radius 3 is 2.40 bits per heavy atom. The Kier molecular flexibility index (Phi) is 7.40. The highest BCUT2D eigenvalue weighted by molar-refractivity contribution is 7.90. The molecule has 11 heteroatoms. The van der Waals surface area contributed by atoms with E-state index in [4.69, 9.17) is 0 Å². The van der Waals surface area contributed by atoms with Gasteiger partial charge in [0.2, 0.25) is 5.66 Å². The molecule has 0 bridgehead atoms. The minimum Gasteiger partial charge on any atom is -0.311 e. The highest BCUT2D eigenvalue weighted by Gasteiger charge is 2.50. The van der Waals surface area contributed by atoms with Crippen molar-refractivity contribution in [3.05, 3.63) is 90.0 Å². The summed E-state index contributed by atoms with van der Waals surface area (Å²) in [6.45, 7) is 0. The van der Waals surface area contributed by atoms with E-state index < -0.39 is 27.6 Å². The van der Waals surface area contributed by atoms with Crippen molar-refractivity contribution in [3.8, 4) is 0 Å². The lowest BCUT2D eigenvalue weighted by atomic mass is 9.89. The van der Waals surface area contributed by atoms with Crippen LogP contribution < -0.4 is 20.3 Å². The monoisotopic (exact) mass is 559 g/mol. The van der Waals surface area contributed by atoms with Crippen molar-refractivity contribution in [3.63, 3.8) is 0 Å². The molecule has 3 N–H and O–H groups in total. The maximum atomic E-state index is 13.9. The number of benzene rings is 3. The van der Waals surface area contributed by atoms with E-state index in [1.165, 1.54) is 35.2 Å². The van der Waals surface area contributed by atoms with Crippen molar-refractivity contribution in [2.45, 2.75) is 36.2 Å². The summed E-state index contributed by atoms with van der Waals surface area (Å²) in [7, 11) is -2.40. The number of nitrogens with one attached hydrogen (secondary N) is 3. The number of carbonyl (C=O) groups is 3. The van der Waals surface area contributed by atoms with Crippen molar-refractivity contribution in [1.82, 2.24) is 10.0 Å². The molecule has 0 spiro atoms. The van der Waals surface area contributed by atoms with E-state index >= 15 is 0 Å². The average Bonchev–Trinajstić information content (AvgIpc) is 3.48. The Balaban J connectivity index is 1.36. The third-order valence-electron chi connectivity index (χ3n) is 7.25. The van der Waals surface area contributed by atoms with Gasteiger partial charge in [0.15, 0.2) is 0 Å². The average molecular weight is 560 g/mol. The SMILES string of the molecule is CN1C(=O)C(NC(=O)Nc2cccc(C(=O)NS(=O)(=O)c3ccccc3)c2)(C2CCCC2)N=Cc2ccccc21. The molecule has 1 fully saturated rings. The van der Waals surface area contributed by atoms with E-state index in [9.17, 15) is 22.8 Å². The molecule has 3 aromatic carbocycles. The van der Waals surface area contributed by atoms with Gasteiger partial charge in [0.25, 0.3) is 21.8 Å². The van der Waals surface area contributed by atoms with E-state index in [2.05, 4.69) is 15.6 Å². The number of hydrogen-bond donors (Lipinski definition) is 3. The first kappa shape index (κ1) is 27.1. The van der Waals surface area contributed by atoms with Gasteiger partial charge in [-0.25, -0.2) is 17.9 Å². The molecular weight excluding hydrogens is 530 g/mol. The number of anilines is 2. The van der Waals surface area contributed by atoms with Crippen LogP contribution in [0.25, 0.3) is 0 Å². The first-order valence-corrected chi connectivity index (χ1v) is 14.4. The minimum absolute atomic E-state index is 0.0292. The highest BCUT2D eigenvalue weighted by Crippen LogP contribution is 2.39. The largest absolute Gasteiger partial charge is 0.321 e. The Bertz CT molecular complexity index is 1590. The summed E-state index contributed by atoms with van der Waals surface area (Å²) in [6.07, 6.45) is 4.96. The van der Waals surface area contributed by atoms with Gasteiger partial charge in [0, 0.05) is 36.0 Å². The number of urea groups is 1. The maximum Gasteiger partial charge on any atom is 0.321 e. The molecule has 1 unspecified atom stereocenters. The molecule has 40 heavy (non-hydrogen) atoms. The van der Waals surface area contributed by atoms with Crippen molar-refractivity contribution < 1.29 is 22.8 Å². The van der Waals surface area contributed by atoms with E-state index in [0.717, 1.165) is 31.2 Å². The van der Waals surface area contributed by atoms with E-state index in [1.807, 2.05) is 29.0 Å². The molecule has 2 aliphatic rings. The van der Waals surface area contributed by atoms with Gasteiger partial charge in [-0.1, -0.05) is 55.3 Å². The number of fused-ring (bicyclic) bond motifs is 1. The quantitative estimate of drug-likeness (QED) is 0.421. The van der Waals surface area contributed by atoms with Crippen LogP contribution in [0.4, 0.5) is 16.2 Å². The molecule has 0 radical (unpaired) electrons. The van der Waals surface area contributed by atoms with Crippen LogP contribution in [-0.2, 0) is 14.8 Å². The zero-order valence-corrected chi connectivity index (χ0v) is 22.6. The predicted molar refractivity (Wildman–Crippen MR) is 152 cm³/mol. The van der Waals surface area contributed by atoms with Crippen LogP contribution in [0.1, 0.15) is 41.6 Å². The molecule has 1 heterocycles. The van der Waals surface area contributed by atoms with Crippen LogP contribution in [0.5, 0.6) is 0 Å². The first-order chi connectivity index (χ1) is 19.2. The number of benzodiazepines with no additional fused rings is 1. The van der Waals surface area contributed by atoms with Gasteiger partial charge >= 0.3 is 6.03 Å². The lowest BCUT2D eigenvalue weighted by Crippen LogP contribution is -2.62. The van der Waals surface area contributed by atoms with Gasteiger partial charge in [0.05, 0.1) is 10.6 Å². The number of rotatable bonds is 6. The van der Waals surface area contributed by atoms with Crippen LogP contribution >= 0.6 is 0 Å². The number of amides is 4. The van der Waals surface area contributed by atoms with Gasteiger partial charge in [-0.05, 0) is 49.2 Å². The van der Waals surface area contributed by atoms with E-state index in [1.54, 1.807) is 37.5 Å². The zero-order valence-electron chi connectivity index (χ0n) is 21.8. The fourth-order valence-corrected chi connectivity index (χ4v) is 6.21. The molecule has 0 saturated heterocycles. The smallest absolute Gasteiger partial charge is 0.311 e. The van der Waals surface area contributed by atoms with Crippen molar-refractivity contribution in [2.75, 3.05) is 17.3 Å². The summed E-state index contributed by atoms with van der Waals surface area (Å²) in [6, 6.07) is 20.1. The third kappa shape index (κ3) is 5.32. The molecule has 10 nitrogen and oxygen atoms in total. The van der Waals surface area contributed by atoms with Crippen LogP contribution in [0, 0.1) is 5.92 Å². The van der Waals surface area contributed by atoms with Crippen LogP contribution in [-0.4, -0.2) is 45.2 Å². The molecule has 4 amide bonds. The second kappa shape index (κ2) is 10.9.